The Bertz CT molecular complexity index is 244. The highest BCUT2D eigenvalue weighted by Crippen LogP contribution is 2.50. The van der Waals surface area contributed by atoms with Crippen LogP contribution < -0.4 is 0 Å². The van der Waals surface area contributed by atoms with Crippen LogP contribution in [0.2, 0.25) is 0 Å². The molecule has 74 valence electrons. The zero-order valence-corrected chi connectivity index (χ0v) is 7.16. The predicted octanol–water partition coefficient (Wildman–Crippen LogP) is 3.53. The molecule has 0 aliphatic carbocycles. The summed E-state index contributed by atoms with van der Waals surface area (Å²) < 4.78 is 53.8. The summed E-state index contributed by atoms with van der Waals surface area (Å²) in [6, 6.07) is 0. The van der Waals surface area contributed by atoms with Crippen molar-refractivity contribution in [2.75, 3.05) is 0 Å². The lowest BCUT2D eigenvalue weighted by molar-refractivity contribution is 0.331. The first-order chi connectivity index (χ1) is 6.18. The van der Waals surface area contributed by atoms with E-state index in [0.29, 0.717) is 18.3 Å². The van der Waals surface area contributed by atoms with Gasteiger partial charge in [-0.3, -0.25) is 0 Å². The minimum atomic E-state index is -3.96. The molecule has 0 aromatic heterocycles. The van der Waals surface area contributed by atoms with E-state index >= 15 is 0 Å². The second kappa shape index (κ2) is 6.37. The lowest BCUT2D eigenvalue weighted by atomic mass is 11.1. The fourth-order valence-corrected chi connectivity index (χ4v) is 1.14. The van der Waals surface area contributed by atoms with Crippen molar-refractivity contribution in [3.8, 4) is 0 Å². The Balaban J connectivity index is 4.42. The second-order valence-corrected chi connectivity index (χ2v) is 3.35. The number of halogens is 3. The normalized spacial score (nSPS) is 16.8. The molecule has 0 saturated heterocycles. The molecule has 0 radical (unpaired) electrons. The van der Waals surface area contributed by atoms with Crippen LogP contribution in [0, 0.1) is 0 Å². The Kier molecular flexibility index (Phi) is 5.80. The van der Waals surface area contributed by atoms with Crippen molar-refractivity contribution in [2.45, 2.75) is 0 Å². The summed E-state index contributed by atoms with van der Waals surface area (Å²) in [4.78, 5) is 0. The molecule has 0 unspecified atom stereocenters. The van der Waals surface area contributed by atoms with E-state index in [4.69, 9.17) is 0 Å². The van der Waals surface area contributed by atoms with Gasteiger partial charge in [-0.15, -0.1) is 0 Å². The highest BCUT2D eigenvalue weighted by molar-refractivity contribution is 7.57. The molecule has 0 aromatic rings. The van der Waals surface area contributed by atoms with E-state index in [9.17, 15) is 17.7 Å². The van der Waals surface area contributed by atoms with Crippen molar-refractivity contribution in [3.05, 3.63) is 37.3 Å². The van der Waals surface area contributed by atoms with Gasteiger partial charge in [0.25, 0.3) is 0 Å². The van der Waals surface area contributed by atoms with Crippen molar-refractivity contribution < 1.29 is 26.8 Å². The Morgan fingerprint density at radius 3 is 1.69 bits per heavy atom. The van der Waals surface area contributed by atoms with E-state index in [1.165, 1.54) is 0 Å². The second-order valence-electron chi connectivity index (χ2n) is 1.55. The summed E-state index contributed by atoms with van der Waals surface area (Å²) in [6.45, 7) is 0. The van der Waals surface area contributed by atoms with Gasteiger partial charge in [0.15, 0.2) is 0 Å². The molecule has 7 heteroatoms. The molecule has 0 aliphatic rings. The van der Waals surface area contributed by atoms with Crippen LogP contribution in [0.25, 0.3) is 0 Å². The first kappa shape index (κ1) is 11.8. The summed E-state index contributed by atoms with van der Waals surface area (Å²) >= 11 is 0. The summed E-state index contributed by atoms with van der Waals surface area (Å²) in [6.07, 6.45) is 0.543. The molecule has 0 rings (SSSR count). The summed E-state index contributed by atoms with van der Waals surface area (Å²) in [5, 5.41) is 0. The van der Waals surface area contributed by atoms with Crippen molar-refractivity contribution in [3.63, 3.8) is 0 Å². The van der Waals surface area contributed by atoms with Crippen molar-refractivity contribution in [1.29, 1.82) is 0 Å². The standard InChI is InChI=1S/C6H6F3O3P/c7-1-4-11-13(10,6-3-9)12-5-2-8/h1-6H. The van der Waals surface area contributed by atoms with Crippen LogP contribution in [0.3, 0.4) is 0 Å². The number of rotatable bonds is 5. The number of hydrogen-bond donors (Lipinski definition) is 0. The van der Waals surface area contributed by atoms with E-state index in [1.54, 1.807) is 0 Å². The van der Waals surface area contributed by atoms with E-state index in [0.717, 1.165) is 0 Å². The van der Waals surface area contributed by atoms with E-state index < -0.39 is 7.60 Å². The molecule has 0 saturated carbocycles. The molecule has 0 bridgehead atoms. The molecule has 0 amide bonds. The van der Waals surface area contributed by atoms with Crippen LogP contribution in [-0.2, 0) is 13.6 Å². The van der Waals surface area contributed by atoms with Crippen LogP contribution >= 0.6 is 7.60 Å². The highest BCUT2D eigenvalue weighted by Gasteiger charge is 2.20. The predicted molar refractivity (Wildman–Crippen MR) is 40.5 cm³/mol. The van der Waals surface area contributed by atoms with Gasteiger partial charge in [0.2, 0.25) is 0 Å². The van der Waals surface area contributed by atoms with Gasteiger partial charge in [-0.25, -0.2) is 17.7 Å². The average molecular weight is 214 g/mol. The van der Waals surface area contributed by atoms with E-state index in [1.807, 2.05) is 0 Å². The van der Waals surface area contributed by atoms with Crippen molar-refractivity contribution in [1.82, 2.24) is 0 Å². The first-order valence-electron chi connectivity index (χ1n) is 2.93. The zero-order chi connectivity index (χ0) is 10.2. The fourth-order valence-electron chi connectivity index (χ4n) is 0.380. The third kappa shape index (κ3) is 5.14. The molecule has 3 nitrogen and oxygen atoms in total. The largest absolute Gasteiger partial charge is 0.456 e. The van der Waals surface area contributed by atoms with Crippen molar-refractivity contribution >= 4 is 7.60 Å². The fraction of sp³-hybridized carbons (Fsp3) is 0. The molecule has 0 heterocycles. The van der Waals surface area contributed by atoms with Gasteiger partial charge in [0.05, 0.1) is 12.1 Å². The average Bonchev–Trinajstić information content (AvgIpc) is 2.12. The topological polar surface area (TPSA) is 35.5 Å². The molecule has 0 spiro atoms. The van der Waals surface area contributed by atoms with Gasteiger partial charge >= 0.3 is 7.60 Å². The zero-order valence-electron chi connectivity index (χ0n) is 6.27. The Hall–Kier alpha value is -1.16. The monoisotopic (exact) mass is 214 g/mol. The maximum absolute atomic E-state index is 11.6. The quantitative estimate of drug-likeness (QED) is 0.518. The lowest BCUT2D eigenvalue weighted by Gasteiger charge is -2.09. The maximum atomic E-state index is 11.6. The lowest BCUT2D eigenvalue weighted by Crippen LogP contribution is -1.81. The molecular weight excluding hydrogens is 208 g/mol. The molecule has 0 N–H and O–H groups in total. The number of hydrogen-bond acceptors (Lipinski definition) is 3. The van der Waals surface area contributed by atoms with Gasteiger partial charge in [-0.1, -0.05) is 0 Å². The van der Waals surface area contributed by atoms with Crippen LogP contribution in [0.15, 0.2) is 37.3 Å². The first-order valence-corrected chi connectivity index (χ1v) is 4.54. The van der Waals surface area contributed by atoms with Gasteiger partial charge in [0.1, 0.15) is 25.2 Å². The molecule has 0 aromatic carbocycles. The van der Waals surface area contributed by atoms with Crippen LogP contribution in [0.5, 0.6) is 0 Å². The summed E-state index contributed by atoms with van der Waals surface area (Å²) in [5.41, 5.74) is 0. The molecule has 13 heavy (non-hydrogen) atoms. The van der Waals surface area contributed by atoms with Gasteiger partial charge < -0.3 is 9.05 Å². The van der Waals surface area contributed by atoms with Gasteiger partial charge in [-0.05, 0) is 0 Å². The van der Waals surface area contributed by atoms with Crippen molar-refractivity contribution in [2.24, 2.45) is 0 Å². The molecular formula is C6H6F3O3P. The smallest absolute Gasteiger partial charge is 0.419 e. The van der Waals surface area contributed by atoms with Gasteiger partial charge in [0, 0.05) is 0 Å². The molecule has 0 atom stereocenters. The van der Waals surface area contributed by atoms with E-state index in [2.05, 4.69) is 9.05 Å². The maximum Gasteiger partial charge on any atom is 0.456 e. The summed E-state index contributed by atoms with van der Waals surface area (Å²) in [5.74, 6) is 0.410. The minimum absolute atomic E-state index is 0.0682. The third-order valence-corrected chi connectivity index (χ3v) is 2.07. The van der Waals surface area contributed by atoms with Gasteiger partial charge in [-0.2, -0.15) is 0 Å². The third-order valence-electron chi connectivity index (χ3n) is 0.757. The highest BCUT2D eigenvalue weighted by atomic mass is 31.2. The van der Waals surface area contributed by atoms with Crippen LogP contribution in [0.1, 0.15) is 0 Å². The Morgan fingerprint density at radius 2 is 1.38 bits per heavy atom. The van der Waals surface area contributed by atoms with E-state index in [-0.39, 0.29) is 19.0 Å². The van der Waals surface area contributed by atoms with Crippen LogP contribution in [-0.4, -0.2) is 0 Å². The Morgan fingerprint density at radius 1 is 0.923 bits per heavy atom. The molecule has 0 fully saturated rings. The summed E-state index contributed by atoms with van der Waals surface area (Å²) in [7, 11) is -3.96. The SMILES string of the molecule is O=P(C=CF)(OC=CF)OC=CF. The van der Waals surface area contributed by atoms with Crippen LogP contribution in [0.4, 0.5) is 13.2 Å². The minimum Gasteiger partial charge on any atom is -0.419 e. The Labute approximate surface area is 72.7 Å². The molecule has 0 aliphatic heterocycles.